The van der Waals surface area contributed by atoms with Crippen LogP contribution in [0.25, 0.3) is 11.3 Å². The van der Waals surface area contributed by atoms with Crippen molar-refractivity contribution < 1.29 is 4.79 Å². The van der Waals surface area contributed by atoms with Gasteiger partial charge >= 0.3 is 0 Å². The molecule has 0 atom stereocenters. The number of carbonyl (C=O) groups excluding carboxylic acids is 1. The number of rotatable bonds is 5. The zero-order valence-corrected chi connectivity index (χ0v) is 15.5. The van der Waals surface area contributed by atoms with Crippen molar-refractivity contribution in [2.45, 2.75) is 33.6 Å². The molecule has 0 unspecified atom stereocenters. The van der Waals surface area contributed by atoms with E-state index in [1.165, 1.54) is 11.1 Å². The Labute approximate surface area is 156 Å². The summed E-state index contributed by atoms with van der Waals surface area (Å²) < 4.78 is 3.53. The number of aryl methyl sites for hydroxylation is 3. The zero-order chi connectivity index (χ0) is 19.0. The predicted molar refractivity (Wildman–Crippen MR) is 101 cm³/mol. The third-order valence-electron chi connectivity index (χ3n) is 4.62. The van der Waals surface area contributed by atoms with E-state index in [2.05, 4.69) is 36.3 Å². The summed E-state index contributed by atoms with van der Waals surface area (Å²) in [5, 5.41) is 12.5. The van der Waals surface area contributed by atoms with Crippen molar-refractivity contribution in [1.29, 1.82) is 0 Å². The third kappa shape index (κ3) is 3.12. The van der Waals surface area contributed by atoms with Crippen LogP contribution >= 0.6 is 0 Å². The van der Waals surface area contributed by atoms with Crippen molar-refractivity contribution in [3.63, 3.8) is 0 Å². The Morgan fingerprint density at radius 2 is 1.93 bits per heavy atom. The maximum absolute atomic E-state index is 10.8. The predicted octanol–water partition coefficient (Wildman–Crippen LogP) is 2.89. The van der Waals surface area contributed by atoms with Gasteiger partial charge in [-0.25, -0.2) is 14.2 Å². The second kappa shape index (κ2) is 6.75. The van der Waals surface area contributed by atoms with Crippen LogP contribution in [0.4, 0.5) is 0 Å². The van der Waals surface area contributed by atoms with Gasteiger partial charge in [0.2, 0.25) is 0 Å². The van der Waals surface area contributed by atoms with Crippen LogP contribution in [0.15, 0.2) is 36.5 Å². The van der Waals surface area contributed by atoms with Crippen LogP contribution in [0.1, 0.15) is 45.6 Å². The molecule has 0 fully saturated rings. The van der Waals surface area contributed by atoms with E-state index < -0.39 is 0 Å². The molecule has 0 bridgehead atoms. The Hall–Kier alpha value is -3.35. The Balaban J connectivity index is 1.68. The quantitative estimate of drug-likeness (QED) is 0.511. The van der Waals surface area contributed by atoms with Gasteiger partial charge in [-0.05, 0) is 44.0 Å². The largest absolute Gasteiger partial charge is 0.296 e. The monoisotopic (exact) mass is 360 g/mol. The van der Waals surface area contributed by atoms with Crippen molar-refractivity contribution in [2.24, 2.45) is 0 Å². The van der Waals surface area contributed by atoms with Crippen LogP contribution < -0.4 is 0 Å². The second-order valence-electron chi connectivity index (χ2n) is 6.60. The van der Waals surface area contributed by atoms with Crippen molar-refractivity contribution in [2.75, 3.05) is 0 Å². The minimum atomic E-state index is 0.315. The molecule has 0 radical (unpaired) electrons. The maximum Gasteiger partial charge on any atom is 0.171 e. The molecule has 4 rings (SSSR count). The van der Waals surface area contributed by atoms with Crippen molar-refractivity contribution in [3.8, 4) is 5.69 Å². The molecule has 0 aliphatic carbocycles. The molecule has 4 aromatic rings. The second-order valence-corrected chi connectivity index (χ2v) is 6.60. The minimum absolute atomic E-state index is 0.315. The summed E-state index contributed by atoms with van der Waals surface area (Å²) in [5.74, 6) is 0. The van der Waals surface area contributed by atoms with E-state index in [1.807, 2.05) is 29.6 Å². The fourth-order valence-corrected chi connectivity index (χ4v) is 3.30. The topological polar surface area (TPSA) is 78.0 Å². The molecule has 3 heterocycles. The normalized spacial score (nSPS) is 11.2. The molecule has 27 heavy (non-hydrogen) atoms. The first-order chi connectivity index (χ1) is 13.1. The average Bonchev–Trinajstić information content (AvgIpc) is 3.28. The van der Waals surface area contributed by atoms with Gasteiger partial charge in [-0.3, -0.25) is 4.79 Å². The van der Waals surface area contributed by atoms with E-state index in [1.54, 1.807) is 10.9 Å². The summed E-state index contributed by atoms with van der Waals surface area (Å²) in [5.41, 5.74) is 7.60. The molecule has 0 amide bonds. The van der Waals surface area contributed by atoms with Crippen LogP contribution in [0.3, 0.4) is 0 Å². The van der Waals surface area contributed by atoms with Crippen LogP contribution in [0, 0.1) is 13.8 Å². The SMILES string of the molecule is CCc1nn2c(C)cc(C)nc2c1Cc1ccc(-n2cc(C=O)nn2)cc1. The summed E-state index contributed by atoms with van der Waals surface area (Å²) in [6, 6.07) is 10.1. The Bertz CT molecular complexity index is 1120. The fraction of sp³-hybridized carbons (Fsp3) is 0.250. The third-order valence-corrected chi connectivity index (χ3v) is 4.62. The van der Waals surface area contributed by atoms with E-state index in [0.29, 0.717) is 12.0 Å². The van der Waals surface area contributed by atoms with Crippen LogP contribution in [0.2, 0.25) is 0 Å². The van der Waals surface area contributed by atoms with Crippen molar-refractivity contribution >= 4 is 11.9 Å². The highest BCUT2D eigenvalue weighted by atomic mass is 16.1. The fourth-order valence-electron chi connectivity index (χ4n) is 3.30. The first-order valence-electron chi connectivity index (χ1n) is 8.90. The highest BCUT2D eigenvalue weighted by molar-refractivity contribution is 5.70. The summed E-state index contributed by atoms with van der Waals surface area (Å²) in [4.78, 5) is 15.5. The van der Waals surface area contributed by atoms with Gasteiger partial charge in [-0.2, -0.15) is 5.10 Å². The number of carbonyl (C=O) groups is 1. The van der Waals surface area contributed by atoms with E-state index in [-0.39, 0.29) is 0 Å². The summed E-state index contributed by atoms with van der Waals surface area (Å²) in [6.07, 6.45) is 3.92. The lowest BCUT2D eigenvalue weighted by molar-refractivity contribution is 0.111. The number of aromatic nitrogens is 6. The first kappa shape index (κ1) is 17.1. The maximum atomic E-state index is 10.8. The molecule has 3 aromatic heterocycles. The molecule has 7 nitrogen and oxygen atoms in total. The molecule has 0 spiro atoms. The van der Waals surface area contributed by atoms with E-state index in [0.717, 1.165) is 41.3 Å². The van der Waals surface area contributed by atoms with Gasteiger partial charge in [0.15, 0.2) is 11.9 Å². The molecule has 0 N–H and O–H groups in total. The van der Waals surface area contributed by atoms with E-state index in [4.69, 9.17) is 10.1 Å². The van der Waals surface area contributed by atoms with E-state index >= 15 is 0 Å². The number of hydrogen-bond donors (Lipinski definition) is 0. The molecule has 0 saturated heterocycles. The van der Waals surface area contributed by atoms with Gasteiger partial charge in [-0.1, -0.05) is 24.3 Å². The number of benzene rings is 1. The highest BCUT2D eigenvalue weighted by Gasteiger charge is 2.15. The minimum Gasteiger partial charge on any atom is -0.296 e. The lowest BCUT2D eigenvalue weighted by Gasteiger charge is -2.05. The Morgan fingerprint density at radius 3 is 2.59 bits per heavy atom. The molecule has 7 heteroatoms. The Morgan fingerprint density at radius 1 is 1.15 bits per heavy atom. The number of aldehydes is 1. The van der Waals surface area contributed by atoms with Gasteiger partial charge in [0.1, 0.15) is 5.69 Å². The lowest BCUT2D eigenvalue weighted by atomic mass is 10.0. The first-order valence-corrected chi connectivity index (χ1v) is 8.90. The van der Waals surface area contributed by atoms with Crippen molar-refractivity contribution in [3.05, 3.63) is 70.4 Å². The van der Waals surface area contributed by atoms with E-state index in [9.17, 15) is 4.79 Å². The van der Waals surface area contributed by atoms with Gasteiger partial charge in [0.05, 0.1) is 17.6 Å². The highest BCUT2D eigenvalue weighted by Crippen LogP contribution is 2.21. The summed E-state index contributed by atoms with van der Waals surface area (Å²) >= 11 is 0. The van der Waals surface area contributed by atoms with Gasteiger partial charge < -0.3 is 0 Å². The Kier molecular flexibility index (Phi) is 4.27. The van der Waals surface area contributed by atoms with Crippen LogP contribution in [0.5, 0.6) is 0 Å². The smallest absolute Gasteiger partial charge is 0.171 e. The zero-order valence-electron chi connectivity index (χ0n) is 15.5. The molecular weight excluding hydrogens is 340 g/mol. The van der Waals surface area contributed by atoms with Crippen molar-refractivity contribution in [1.82, 2.24) is 29.6 Å². The van der Waals surface area contributed by atoms with Gasteiger partial charge in [0, 0.05) is 23.4 Å². The average molecular weight is 360 g/mol. The van der Waals surface area contributed by atoms with Gasteiger partial charge in [-0.15, -0.1) is 5.10 Å². The molecular formula is C20H20N6O. The number of nitrogens with zero attached hydrogens (tertiary/aromatic N) is 6. The van der Waals surface area contributed by atoms with Gasteiger partial charge in [0.25, 0.3) is 0 Å². The summed E-state index contributed by atoms with van der Waals surface area (Å²) in [7, 11) is 0. The summed E-state index contributed by atoms with van der Waals surface area (Å²) in [6.45, 7) is 6.18. The molecule has 136 valence electrons. The standard InChI is InChI=1S/C20H20N6O/c1-4-19-18(20-21-13(2)9-14(3)26(20)23-19)10-15-5-7-17(8-6-15)25-11-16(12-27)22-24-25/h5-9,11-12H,4,10H2,1-3H3. The van der Waals surface area contributed by atoms with Crippen LogP contribution in [-0.2, 0) is 12.8 Å². The molecule has 0 aliphatic heterocycles. The lowest BCUT2D eigenvalue weighted by Crippen LogP contribution is -1.99. The number of hydrogen-bond acceptors (Lipinski definition) is 5. The molecule has 0 saturated carbocycles. The van der Waals surface area contributed by atoms with Crippen LogP contribution in [-0.4, -0.2) is 35.9 Å². The number of fused-ring (bicyclic) bond motifs is 1. The molecule has 1 aromatic carbocycles. The molecule has 0 aliphatic rings.